The molecule has 0 aromatic rings. The van der Waals surface area contributed by atoms with E-state index in [-0.39, 0.29) is 0 Å². The van der Waals surface area contributed by atoms with Gasteiger partial charge in [0, 0.05) is 31.6 Å². The number of nitrogens with one attached hydrogen (secondary N) is 1. The van der Waals surface area contributed by atoms with Gasteiger partial charge in [-0.3, -0.25) is 0 Å². The van der Waals surface area contributed by atoms with E-state index in [1.807, 2.05) is 0 Å². The summed E-state index contributed by atoms with van der Waals surface area (Å²) in [7, 11) is 0. The van der Waals surface area contributed by atoms with E-state index >= 15 is 0 Å². The zero-order valence-electron chi connectivity index (χ0n) is 5.93. The van der Waals surface area contributed by atoms with Crippen LogP contribution < -0.4 is 5.32 Å². The van der Waals surface area contributed by atoms with E-state index < -0.39 is 0 Å². The maximum atomic E-state index is 3.43. The van der Waals surface area contributed by atoms with E-state index in [0.717, 1.165) is 12.0 Å². The summed E-state index contributed by atoms with van der Waals surface area (Å²) in [6, 6.07) is 0.852. The first kappa shape index (κ1) is 5.69. The van der Waals surface area contributed by atoms with Crippen molar-refractivity contribution >= 4 is 0 Å². The summed E-state index contributed by atoms with van der Waals surface area (Å²) >= 11 is 0. The van der Waals surface area contributed by atoms with Crippen LogP contribution in [0.25, 0.3) is 0 Å². The second kappa shape index (κ2) is 1.96. The van der Waals surface area contributed by atoms with Gasteiger partial charge in [-0.25, -0.2) is 0 Å². The number of likely N-dealkylation sites (tertiary alicyclic amines) is 1. The molecular formula is C7H14N2. The molecule has 0 unspecified atom stereocenters. The summed E-state index contributed by atoms with van der Waals surface area (Å²) in [5, 5.41) is 3.43. The van der Waals surface area contributed by atoms with Gasteiger partial charge < -0.3 is 10.2 Å². The van der Waals surface area contributed by atoms with Crippen molar-refractivity contribution in [1.82, 2.24) is 10.2 Å². The minimum Gasteiger partial charge on any atom is -0.312 e. The maximum absolute atomic E-state index is 3.43. The van der Waals surface area contributed by atoms with Gasteiger partial charge in [-0.1, -0.05) is 6.92 Å². The molecule has 2 nitrogen and oxygen atoms in total. The van der Waals surface area contributed by atoms with Crippen LogP contribution in [0, 0.1) is 5.92 Å². The lowest BCUT2D eigenvalue weighted by molar-refractivity contribution is 0.296. The lowest BCUT2D eigenvalue weighted by Crippen LogP contribution is -2.51. The standard InChI is InChI=1S/C7H14N2/c1-2-9-4-6-3-8-7(6)5-9/h6-8H,2-5H2,1H3/t6-,7+/m1/s1. The third kappa shape index (κ3) is 0.775. The summed E-state index contributed by atoms with van der Waals surface area (Å²) in [5.41, 5.74) is 0. The van der Waals surface area contributed by atoms with Crippen LogP contribution in [0.15, 0.2) is 0 Å². The molecule has 2 rings (SSSR count). The highest BCUT2D eigenvalue weighted by atomic mass is 15.2. The highest BCUT2D eigenvalue weighted by Gasteiger charge is 2.37. The van der Waals surface area contributed by atoms with Gasteiger partial charge in [0.2, 0.25) is 0 Å². The average Bonchev–Trinajstić information content (AvgIpc) is 2.10. The van der Waals surface area contributed by atoms with E-state index in [2.05, 4.69) is 17.1 Å². The van der Waals surface area contributed by atoms with Crippen LogP contribution in [-0.2, 0) is 0 Å². The monoisotopic (exact) mass is 126 g/mol. The van der Waals surface area contributed by atoms with Crippen LogP contribution in [0.4, 0.5) is 0 Å². The number of hydrogen-bond donors (Lipinski definition) is 1. The number of likely N-dealkylation sites (N-methyl/N-ethyl adjacent to an activating group) is 1. The highest BCUT2D eigenvalue weighted by molar-refractivity contribution is 4.97. The molecule has 2 aliphatic heterocycles. The van der Waals surface area contributed by atoms with Gasteiger partial charge in [0.1, 0.15) is 0 Å². The second-order valence-corrected chi connectivity index (χ2v) is 3.13. The first-order valence-corrected chi connectivity index (χ1v) is 3.86. The topological polar surface area (TPSA) is 15.3 Å². The van der Waals surface area contributed by atoms with Crippen LogP contribution >= 0.6 is 0 Å². The van der Waals surface area contributed by atoms with Gasteiger partial charge in [-0.2, -0.15) is 0 Å². The summed E-state index contributed by atoms with van der Waals surface area (Å²) in [5.74, 6) is 0.991. The lowest BCUT2D eigenvalue weighted by atomic mass is 9.96. The number of hydrogen-bond acceptors (Lipinski definition) is 2. The van der Waals surface area contributed by atoms with E-state index in [0.29, 0.717) is 0 Å². The van der Waals surface area contributed by atoms with Crippen molar-refractivity contribution in [3.05, 3.63) is 0 Å². The van der Waals surface area contributed by atoms with Gasteiger partial charge in [0.15, 0.2) is 0 Å². The molecule has 0 aromatic carbocycles. The molecule has 2 fully saturated rings. The van der Waals surface area contributed by atoms with Crippen molar-refractivity contribution in [1.29, 1.82) is 0 Å². The van der Waals surface area contributed by atoms with E-state index in [9.17, 15) is 0 Å². The minimum atomic E-state index is 0.852. The fourth-order valence-electron chi connectivity index (χ4n) is 1.80. The molecule has 52 valence electrons. The fraction of sp³-hybridized carbons (Fsp3) is 1.00. The molecule has 0 amide bonds. The summed E-state index contributed by atoms with van der Waals surface area (Å²) in [6.07, 6.45) is 0. The summed E-state index contributed by atoms with van der Waals surface area (Å²) in [6.45, 7) is 7.37. The second-order valence-electron chi connectivity index (χ2n) is 3.13. The third-order valence-electron chi connectivity index (χ3n) is 2.61. The summed E-state index contributed by atoms with van der Waals surface area (Å²) < 4.78 is 0. The van der Waals surface area contributed by atoms with Gasteiger partial charge in [0.05, 0.1) is 0 Å². The fourth-order valence-corrected chi connectivity index (χ4v) is 1.80. The molecule has 2 aliphatic rings. The molecule has 0 saturated carbocycles. The Balaban J connectivity index is 1.91. The number of nitrogens with zero attached hydrogens (tertiary/aromatic N) is 1. The first-order valence-electron chi connectivity index (χ1n) is 3.86. The van der Waals surface area contributed by atoms with Gasteiger partial charge in [0.25, 0.3) is 0 Å². The Bertz CT molecular complexity index is 101. The molecular weight excluding hydrogens is 112 g/mol. The predicted molar refractivity (Wildman–Crippen MR) is 37.4 cm³/mol. The van der Waals surface area contributed by atoms with Crippen LogP contribution in [0.1, 0.15) is 6.92 Å². The summed E-state index contributed by atoms with van der Waals surface area (Å²) in [4.78, 5) is 2.52. The predicted octanol–water partition coefficient (Wildman–Crippen LogP) is -0.0901. The molecule has 0 spiro atoms. The molecule has 2 saturated heterocycles. The molecule has 2 atom stereocenters. The van der Waals surface area contributed by atoms with Gasteiger partial charge in [-0.05, 0) is 6.54 Å². The number of rotatable bonds is 1. The Morgan fingerprint density at radius 2 is 2.44 bits per heavy atom. The van der Waals surface area contributed by atoms with Crippen molar-refractivity contribution in [2.75, 3.05) is 26.2 Å². The number of fused-ring (bicyclic) bond motifs is 1. The van der Waals surface area contributed by atoms with Crippen molar-refractivity contribution < 1.29 is 0 Å². The van der Waals surface area contributed by atoms with Crippen molar-refractivity contribution in [2.24, 2.45) is 5.92 Å². The molecule has 0 aromatic heterocycles. The van der Waals surface area contributed by atoms with Gasteiger partial charge >= 0.3 is 0 Å². The Morgan fingerprint density at radius 3 is 2.78 bits per heavy atom. The molecule has 9 heavy (non-hydrogen) atoms. The van der Waals surface area contributed by atoms with Crippen molar-refractivity contribution in [2.45, 2.75) is 13.0 Å². The molecule has 1 N–H and O–H groups in total. The SMILES string of the molecule is CCN1C[C@H]2CN[C@H]2C1. The Morgan fingerprint density at radius 1 is 1.56 bits per heavy atom. The molecule has 2 heterocycles. The molecule has 0 radical (unpaired) electrons. The van der Waals surface area contributed by atoms with Crippen molar-refractivity contribution in [3.63, 3.8) is 0 Å². The Hall–Kier alpha value is -0.0800. The molecule has 0 aliphatic carbocycles. The van der Waals surface area contributed by atoms with Crippen LogP contribution in [0.2, 0.25) is 0 Å². The zero-order chi connectivity index (χ0) is 6.27. The normalized spacial score (nSPS) is 42.3. The van der Waals surface area contributed by atoms with E-state index in [1.165, 1.54) is 26.2 Å². The largest absolute Gasteiger partial charge is 0.312 e. The van der Waals surface area contributed by atoms with Crippen LogP contribution in [0.3, 0.4) is 0 Å². The quantitative estimate of drug-likeness (QED) is 0.528. The zero-order valence-corrected chi connectivity index (χ0v) is 5.93. The molecule has 2 heteroatoms. The van der Waals surface area contributed by atoms with Crippen LogP contribution in [0.5, 0.6) is 0 Å². The van der Waals surface area contributed by atoms with Crippen molar-refractivity contribution in [3.8, 4) is 0 Å². The van der Waals surface area contributed by atoms with Gasteiger partial charge in [-0.15, -0.1) is 0 Å². The van der Waals surface area contributed by atoms with Crippen LogP contribution in [-0.4, -0.2) is 37.1 Å². The molecule has 0 bridgehead atoms. The average molecular weight is 126 g/mol. The minimum absolute atomic E-state index is 0.852. The Kier molecular flexibility index (Phi) is 1.24. The lowest BCUT2D eigenvalue weighted by Gasteiger charge is -2.30. The Labute approximate surface area is 56.2 Å². The van der Waals surface area contributed by atoms with E-state index in [4.69, 9.17) is 0 Å². The highest BCUT2D eigenvalue weighted by Crippen LogP contribution is 2.22. The smallest absolute Gasteiger partial charge is 0.0247 e. The first-order chi connectivity index (χ1) is 4.40. The maximum Gasteiger partial charge on any atom is 0.0247 e. The van der Waals surface area contributed by atoms with E-state index in [1.54, 1.807) is 0 Å². The third-order valence-corrected chi connectivity index (χ3v) is 2.61.